The molecule has 2 aromatic heterocycles. The lowest BCUT2D eigenvalue weighted by molar-refractivity contribution is 0.295. The minimum Gasteiger partial charge on any atom is -0.360 e. The van der Waals surface area contributed by atoms with Crippen molar-refractivity contribution in [2.45, 2.75) is 57.4 Å². The van der Waals surface area contributed by atoms with E-state index in [-0.39, 0.29) is 16.9 Å². The van der Waals surface area contributed by atoms with Crippen LogP contribution in [0.15, 0.2) is 20.0 Å². The molecule has 0 bridgehead atoms. The molecule has 23 heavy (non-hydrogen) atoms. The van der Waals surface area contributed by atoms with Crippen LogP contribution in [0.2, 0.25) is 0 Å². The number of aromatic nitrogens is 2. The first-order valence-electron chi connectivity index (χ1n) is 7.73. The van der Waals surface area contributed by atoms with Crippen LogP contribution in [0.5, 0.6) is 0 Å². The molecule has 1 aliphatic heterocycles. The van der Waals surface area contributed by atoms with Crippen molar-refractivity contribution in [3.05, 3.63) is 29.0 Å². The van der Waals surface area contributed by atoms with E-state index in [1.54, 1.807) is 13.8 Å². The first-order valence-corrected chi connectivity index (χ1v) is 9.17. The van der Waals surface area contributed by atoms with Gasteiger partial charge in [0.15, 0.2) is 11.5 Å². The number of rotatable bonds is 4. The van der Waals surface area contributed by atoms with E-state index < -0.39 is 10.0 Å². The van der Waals surface area contributed by atoms with Crippen LogP contribution in [0, 0.1) is 13.8 Å². The summed E-state index contributed by atoms with van der Waals surface area (Å²) in [5.74, 6) is 1.15. The summed E-state index contributed by atoms with van der Waals surface area (Å²) in [6, 6.07) is 1.53. The monoisotopic (exact) mass is 339 g/mol. The van der Waals surface area contributed by atoms with Gasteiger partial charge in [0, 0.05) is 12.6 Å². The Balaban J connectivity index is 1.98. The van der Waals surface area contributed by atoms with E-state index in [4.69, 9.17) is 9.05 Å². The zero-order valence-electron chi connectivity index (χ0n) is 13.7. The minimum absolute atomic E-state index is 0.160. The zero-order valence-corrected chi connectivity index (χ0v) is 14.6. The van der Waals surface area contributed by atoms with Crippen molar-refractivity contribution in [1.29, 1.82) is 0 Å². The van der Waals surface area contributed by atoms with E-state index >= 15 is 0 Å². The van der Waals surface area contributed by atoms with E-state index in [0.29, 0.717) is 23.8 Å². The highest BCUT2D eigenvalue weighted by atomic mass is 32.2. The summed E-state index contributed by atoms with van der Waals surface area (Å²) in [4.78, 5) is 0.160. The fourth-order valence-electron chi connectivity index (χ4n) is 3.01. The first kappa shape index (κ1) is 16.2. The molecule has 0 saturated carbocycles. The second-order valence-electron chi connectivity index (χ2n) is 6.24. The minimum atomic E-state index is -3.68. The summed E-state index contributed by atoms with van der Waals surface area (Å²) in [7, 11) is -3.68. The van der Waals surface area contributed by atoms with Gasteiger partial charge in [0.1, 0.15) is 10.6 Å². The van der Waals surface area contributed by atoms with Crippen LogP contribution in [0.1, 0.15) is 61.6 Å². The summed E-state index contributed by atoms with van der Waals surface area (Å²) in [6.45, 7) is 7.75. The molecule has 0 N–H and O–H groups in total. The second kappa shape index (κ2) is 5.76. The van der Waals surface area contributed by atoms with Crippen LogP contribution in [0.25, 0.3) is 0 Å². The maximum absolute atomic E-state index is 13.0. The van der Waals surface area contributed by atoms with Gasteiger partial charge in [-0.15, -0.1) is 0 Å². The van der Waals surface area contributed by atoms with Gasteiger partial charge in [-0.2, -0.15) is 4.31 Å². The van der Waals surface area contributed by atoms with E-state index in [0.717, 1.165) is 18.5 Å². The number of sulfonamides is 1. The topological polar surface area (TPSA) is 89.4 Å². The predicted molar refractivity (Wildman–Crippen MR) is 82.4 cm³/mol. The van der Waals surface area contributed by atoms with E-state index in [1.165, 1.54) is 4.31 Å². The Kier molecular flexibility index (Phi) is 4.05. The van der Waals surface area contributed by atoms with Crippen LogP contribution in [-0.2, 0) is 10.0 Å². The number of aryl methyl sites for hydroxylation is 2. The molecule has 7 nitrogen and oxygen atoms in total. The average Bonchev–Trinajstić information content (AvgIpc) is 3.17. The number of hydrogen-bond donors (Lipinski definition) is 0. The maximum Gasteiger partial charge on any atom is 0.249 e. The third-order valence-corrected chi connectivity index (χ3v) is 6.36. The molecule has 126 valence electrons. The van der Waals surface area contributed by atoms with Crippen LogP contribution in [0.4, 0.5) is 0 Å². The van der Waals surface area contributed by atoms with Gasteiger partial charge in [0.05, 0.1) is 11.7 Å². The van der Waals surface area contributed by atoms with Crippen molar-refractivity contribution in [3.8, 4) is 0 Å². The molecule has 0 unspecified atom stereocenters. The molecule has 3 heterocycles. The lowest BCUT2D eigenvalue weighted by Crippen LogP contribution is -2.31. The summed E-state index contributed by atoms with van der Waals surface area (Å²) in [6.07, 6.45) is 1.50. The Morgan fingerprint density at radius 2 is 2.00 bits per heavy atom. The highest BCUT2D eigenvalue weighted by Crippen LogP contribution is 2.38. The van der Waals surface area contributed by atoms with Gasteiger partial charge in [-0.3, -0.25) is 0 Å². The van der Waals surface area contributed by atoms with Gasteiger partial charge in [0.25, 0.3) is 0 Å². The van der Waals surface area contributed by atoms with Crippen molar-refractivity contribution in [2.24, 2.45) is 0 Å². The molecule has 1 atom stereocenters. The summed E-state index contributed by atoms with van der Waals surface area (Å²) in [5.41, 5.74) is 1.22. The molecule has 1 aliphatic rings. The average molecular weight is 339 g/mol. The fourth-order valence-corrected chi connectivity index (χ4v) is 4.96. The Morgan fingerprint density at radius 1 is 1.26 bits per heavy atom. The zero-order chi connectivity index (χ0) is 16.8. The molecule has 2 aromatic rings. The van der Waals surface area contributed by atoms with Crippen molar-refractivity contribution in [3.63, 3.8) is 0 Å². The predicted octanol–water partition coefficient (Wildman–Crippen LogP) is 2.93. The largest absolute Gasteiger partial charge is 0.360 e. The molecule has 0 radical (unpaired) electrons. The Hall–Kier alpha value is -1.67. The third kappa shape index (κ3) is 2.70. The summed E-state index contributed by atoms with van der Waals surface area (Å²) < 4.78 is 38.0. The molecule has 0 spiro atoms. The number of nitrogens with zero attached hydrogens (tertiary/aromatic N) is 3. The Morgan fingerprint density at radius 3 is 2.57 bits per heavy atom. The van der Waals surface area contributed by atoms with Gasteiger partial charge < -0.3 is 9.05 Å². The van der Waals surface area contributed by atoms with E-state index in [1.807, 2.05) is 19.9 Å². The van der Waals surface area contributed by atoms with Gasteiger partial charge in [-0.1, -0.05) is 24.2 Å². The molecule has 0 aliphatic carbocycles. The van der Waals surface area contributed by atoms with Crippen molar-refractivity contribution >= 4 is 10.0 Å². The molecule has 0 amide bonds. The first-order chi connectivity index (χ1) is 10.8. The normalized spacial score (nSPS) is 19.8. The standard InChI is InChI=1S/C15H21N3O4S/c1-9(2)12-8-14(22-17-12)13-6-5-7-18(13)23(19,20)15-10(3)16-21-11(15)4/h8-9,13H,5-7H2,1-4H3/t13-/m0/s1. The van der Waals surface area contributed by atoms with Gasteiger partial charge in [-0.05, 0) is 32.6 Å². The summed E-state index contributed by atoms with van der Waals surface area (Å²) >= 11 is 0. The Labute approximate surface area is 135 Å². The molecule has 1 fully saturated rings. The van der Waals surface area contributed by atoms with Crippen molar-refractivity contribution in [2.75, 3.05) is 6.54 Å². The maximum atomic E-state index is 13.0. The molecule has 3 rings (SSSR count). The van der Waals surface area contributed by atoms with Crippen molar-refractivity contribution in [1.82, 2.24) is 14.6 Å². The van der Waals surface area contributed by atoms with Crippen LogP contribution in [0.3, 0.4) is 0 Å². The second-order valence-corrected chi connectivity index (χ2v) is 8.06. The fraction of sp³-hybridized carbons (Fsp3) is 0.600. The van der Waals surface area contributed by atoms with Crippen LogP contribution >= 0.6 is 0 Å². The summed E-state index contributed by atoms with van der Waals surface area (Å²) in [5, 5.41) is 7.81. The lowest BCUT2D eigenvalue weighted by Gasteiger charge is -2.21. The smallest absolute Gasteiger partial charge is 0.249 e. The molecule has 8 heteroatoms. The molecular weight excluding hydrogens is 318 g/mol. The molecule has 1 saturated heterocycles. The van der Waals surface area contributed by atoms with Gasteiger partial charge in [-0.25, -0.2) is 8.42 Å². The molecular formula is C15H21N3O4S. The highest BCUT2D eigenvalue weighted by Gasteiger charge is 2.41. The van der Waals surface area contributed by atoms with E-state index in [2.05, 4.69) is 10.3 Å². The third-order valence-electron chi connectivity index (χ3n) is 4.20. The highest BCUT2D eigenvalue weighted by molar-refractivity contribution is 7.89. The van der Waals surface area contributed by atoms with Crippen LogP contribution in [-0.4, -0.2) is 29.6 Å². The van der Waals surface area contributed by atoms with Crippen molar-refractivity contribution < 1.29 is 17.5 Å². The molecule has 0 aromatic carbocycles. The van der Waals surface area contributed by atoms with Gasteiger partial charge in [0.2, 0.25) is 10.0 Å². The van der Waals surface area contributed by atoms with Gasteiger partial charge >= 0.3 is 0 Å². The number of hydrogen-bond acceptors (Lipinski definition) is 6. The quantitative estimate of drug-likeness (QED) is 0.851. The Bertz CT molecular complexity index is 787. The SMILES string of the molecule is Cc1noc(C)c1S(=O)(=O)N1CCC[C@H]1c1cc(C(C)C)no1. The van der Waals surface area contributed by atoms with Crippen LogP contribution < -0.4 is 0 Å². The van der Waals surface area contributed by atoms with E-state index in [9.17, 15) is 8.42 Å². The lowest BCUT2D eigenvalue weighted by atomic mass is 10.1.